The monoisotopic (exact) mass is 443 g/mol. The minimum atomic E-state index is -0.536. The molecule has 1 N–H and O–H groups in total. The third-order valence-electron chi connectivity index (χ3n) is 4.69. The van der Waals surface area contributed by atoms with E-state index in [0.717, 1.165) is 24.4 Å². The van der Waals surface area contributed by atoms with Crippen LogP contribution in [0.1, 0.15) is 31.5 Å². The Morgan fingerprint density at radius 2 is 2.00 bits per heavy atom. The molecule has 0 aliphatic heterocycles. The molecular weight excluding hydrogens is 426 g/mol. The zero-order valence-corrected chi connectivity index (χ0v) is 17.6. The van der Waals surface area contributed by atoms with Gasteiger partial charge in [0.25, 0.3) is 5.69 Å². The van der Waals surface area contributed by atoms with Crippen LogP contribution in [-0.2, 0) is 4.79 Å². The van der Waals surface area contributed by atoms with E-state index >= 15 is 0 Å². The molecule has 0 bridgehead atoms. The number of thioether (sulfide) groups is 1. The second-order valence-corrected chi connectivity index (χ2v) is 8.67. The van der Waals surface area contributed by atoms with Gasteiger partial charge < -0.3 is 5.32 Å². The van der Waals surface area contributed by atoms with Crippen LogP contribution in [0.25, 0.3) is 5.69 Å². The van der Waals surface area contributed by atoms with E-state index in [1.165, 1.54) is 30.0 Å². The van der Waals surface area contributed by atoms with Crippen molar-refractivity contribution in [3.8, 4) is 5.69 Å². The SMILES string of the molecule is CC(Sc1nnc(C2CC2)n1-c1ccccc1)C(=O)Nc1cc([N+](=O)[O-])ccc1Cl. The number of nitro benzene ring substituents is 1. The first kappa shape index (κ1) is 20.4. The summed E-state index contributed by atoms with van der Waals surface area (Å²) in [5, 5.41) is 22.7. The largest absolute Gasteiger partial charge is 0.324 e. The Labute approximate surface area is 181 Å². The third kappa shape index (κ3) is 4.31. The number of hydrogen-bond donors (Lipinski definition) is 1. The summed E-state index contributed by atoms with van der Waals surface area (Å²) in [5.41, 5.74) is 1.00. The van der Waals surface area contributed by atoms with E-state index in [-0.39, 0.29) is 22.3 Å². The number of benzene rings is 2. The van der Waals surface area contributed by atoms with Crippen LogP contribution in [0.5, 0.6) is 0 Å². The standard InChI is InChI=1S/C20H18ClN5O3S/c1-12(19(27)22-17-11-15(26(28)29)9-10-16(17)21)30-20-24-23-18(13-7-8-13)25(20)14-5-3-2-4-6-14/h2-6,9-13H,7-8H2,1H3,(H,22,27). The molecule has 1 saturated carbocycles. The number of non-ortho nitro benzene ring substituents is 1. The molecule has 0 spiro atoms. The number of amides is 1. The summed E-state index contributed by atoms with van der Waals surface area (Å²) in [6.45, 7) is 1.74. The topological polar surface area (TPSA) is 103 Å². The van der Waals surface area contributed by atoms with Crippen LogP contribution in [-0.4, -0.2) is 30.8 Å². The van der Waals surface area contributed by atoms with E-state index in [1.807, 2.05) is 34.9 Å². The van der Waals surface area contributed by atoms with Crippen LogP contribution in [0, 0.1) is 10.1 Å². The molecule has 1 unspecified atom stereocenters. The molecule has 2 aromatic carbocycles. The number of hydrogen-bond acceptors (Lipinski definition) is 6. The van der Waals surface area contributed by atoms with Crippen LogP contribution >= 0.6 is 23.4 Å². The summed E-state index contributed by atoms with van der Waals surface area (Å²) in [7, 11) is 0. The van der Waals surface area contributed by atoms with Crippen LogP contribution in [0.2, 0.25) is 5.02 Å². The molecule has 3 aromatic rings. The number of para-hydroxylation sites is 1. The van der Waals surface area contributed by atoms with Crippen molar-refractivity contribution < 1.29 is 9.72 Å². The first-order valence-electron chi connectivity index (χ1n) is 9.36. The van der Waals surface area contributed by atoms with Crippen molar-refractivity contribution in [1.82, 2.24) is 14.8 Å². The number of nitro groups is 1. The van der Waals surface area contributed by atoms with Gasteiger partial charge in [-0.15, -0.1) is 10.2 Å². The van der Waals surface area contributed by atoms with Gasteiger partial charge >= 0.3 is 0 Å². The highest BCUT2D eigenvalue weighted by molar-refractivity contribution is 8.00. The van der Waals surface area contributed by atoms with E-state index in [2.05, 4.69) is 15.5 Å². The lowest BCUT2D eigenvalue weighted by atomic mass is 10.2. The number of rotatable bonds is 7. The van der Waals surface area contributed by atoms with Crippen molar-refractivity contribution >= 4 is 40.6 Å². The van der Waals surface area contributed by atoms with Gasteiger partial charge in [0.15, 0.2) is 5.16 Å². The van der Waals surface area contributed by atoms with Gasteiger partial charge in [-0.05, 0) is 38.0 Å². The van der Waals surface area contributed by atoms with Crippen LogP contribution < -0.4 is 5.32 Å². The summed E-state index contributed by atoms with van der Waals surface area (Å²) in [4.78, 5) is 23.2. The molecule has 1 heterocycles. The molecule has 0 radical (unpaired) electrons. The zero-order valence-electron chi connectivity index (χ0n) is 16.0. The predicted molar refractivity (Wildman–Crippen MR) is 115 cm³/mol. The van der Waals surface area contributed by atoms with Gasteiger partial charge in [0.2, 0.25) is 5.91 Å². The molecule has 1 amide bonds. The minimum absolute atomic E-state index is 0.145. The number of carbonyl (C=O) groups excluding carboxylic acids is 1. The average molecular weight is 444 g/mol. The maximum atomic E-state index is 12.7. The van der Waals surface area contributed by atoms with Crippen molar-refractivity contribution in [3.63, 3.8) is 0 Å². The highest BCUT2D eigenvalue weighted by Crippen LogP contribution is 2.41. The number of halogens is 1. The second kappa shape index (κ2) is 8.45. The molecule has 0 saturated heterocycles. The first-order valence-corrected chi connectivity index (χ1v) is 10.6. The molecule has 4 rings (SSSR count). The van der Waals surface area contributed by atoms with Gasteiger partial charge in [0.05, 0.1) is 20.9 Å². The Morgan fingerprint density at radius 3 is 2.67 bits per heavy atom. The van der Waals surface area contributed by atoms with E-state index in [1.54, 1.807) is 6.92 Å². The summed E-state index contributed by atoms with van der Waals surface area (Å²) in [6, 6.07) is 13.7. The average Bonchev–Trinajstić information content (AvgIpc) is 3.50. The fourth-order valence-electron chi connectivity index (χ4n) is 2.95. The molecule has 1 fully saturated rings. The molecule has 30 heavy (non-hydrogen) atoms. The second-order valence-electron chi connectivity index (χ2n) is 6.96. The summed E-state index contributed by atoms with van der Waals surface area (Å²) in [6.07, 6.45) is 2.16. The molecule has 1 atom stereocenters. The van der Waals surface area contributed by atoms with Gasteiger partial charge in [-0.25, -0.2) is 0 Å². The maximum absolute atomic E-state index is 12.7. The lowest BCUT2D eigenvalue weighted by Gasteiger charge is -2.14. The van der Waals surface area contributed by atoms with E-state index in [0.29, 0.717) is 11.1 Å². The lowest BCUT2D eigenvalue weighted by molar-refractivity contribution is -0.384. The highest BCUT2D eigenvalue weighted by atomic mass is 35.5. The van der Waals surface area contributed by atoms with Crippen LogP contribution in [0.4, 0.5) is 11.4 Å². The molecule has 1 aliphatic carbocycles. The Bertz CT molecular complexity index is 1100. The molecule has 154 valence electrons. The lowest BCUT2D eigenvalue weighted by Crippen LogP contribution is -2.23. The predicted octanol–water partition coefficient (Wildman–Crippen LogP) is 4.83. The number of anilines is 1. The van der Waals surface area contributed by atoms with Gasteiger partial charge in [-0.3, -0.25) is 19.5 Å². The Morgan fingerprint density at radius 1 is 1.27 bits per heavy atom. The van der Waals surface area contributed by atoms with Gasteiger partial charge in [0, 0.05) is 23.7 Å². The number of aromatic nitrogens is 3. The molecular formula is C20H18ClN5O3S. The number of nitrogens with zero attached hydrogens (tertiary/aromatic N) is 4. The molecule has 10 heteroatoms. The van der Waals surface area contributed by atoms with Crippen molar-refractivity contribution in [3.05, 3.63) is 69.5 Å². The minimum Gasteiger partial charge on any atom is -0.324 e. The summed E-state index contributed by atoms with van der Waals surface area (Å²) >= 11 is 7.36. The van der Waals surface area contributed by atoms with Gasteiger partial charge in [0.1, 0.15) is 5.82 Å². The van der Waals surface area contributed by atoms with E-state index in [9.17, 15) is 14.9 Å². The van der Waals surface area contributed by atoms with Crippen LogP contribution in [0.3, 0.4) is 0 Å². The maximum Gasteiger partial charge on any atom is 0.271 e. The van der Waals surface area contributed by atoms with Crippen molar-refractivity contribution in [2.45, 2.75) is 36.1 Å². The Balaban J connectivity index is 1.55. The van der Waals surface area contributed by atoms with Crippen LogP contribution in [0.15, 0.2) is 53.7 Å². The molecule has 8 nitrogen and oxygen atoms in total. The summed E-state index contributed by atoms with van der Waals surface area (Å²) < 4.78 is 1.99. The Kier molecular flexibility index (Phi) is 5.74. The summed E-state index contributed by atoms with van der Waals surface area (Å²) in [5.74, 6) is 0.955. The zero-order chi connectivity index (χ0) is 21.3. The van der Waals surface area contributed by atoms with E-state index in [4.69, 9.17) is 11.6 Å². The molecule has 1 aliphatic rings. The third-order valence-corrected chi connectivity index (χ3v) is 6.06. The van der Waals surface area contributed by atoms with Crippen molar-refractivity contribution in [2.24, 2.45) is 0 Å². The van der Waals surface area contributed by atoms with Crippen molar-refractivity contribution in [1.29, 1.82) is 0 Å². The fraction of sp³-hybridized carbons (Fsp3) is 0.250. The quantitative estimate of drug-likeness (QED) is 0.319. The number of carbonyl (C=O) groups is 1. The first-order chi connectivity index (χ1) is 14.4. The van der Waals surface area contributed by atoms with E-state index < -0.39 is 10.2 Å². The smallest absolute Gasteiger partial charge is 0.271 e. The highest BCUT2D eigenvalue weighted by Gasteiger charge is 2.32. The fourth-order valence-corrected chi connectivity index (χ4v) is 3.99. The van der Waals surface area contributed by atoms with Crippen molar-refractivity contribution in [2.75, 3.05) is 5.32 Å². The normalized spacial score (nSPS) is 14.3. The van der Waals surface area contributed by atoms with Gasteiger partial charge in [-0.2, -0.15) is 0 Å². The number of nitrogens with one attached hydrogen (secondary N) is 1. The Hall–Kier alpha value is -2.91. The van der Waals surface area contributed by atoms with Gasteiger partial charge in [-0.1, -0.05) is 41.6 Å². The molecule has 1 aromatic heterocycles.